The van der Waals surface area contributed by atoms with E-state index in [1.807, 2.05) is 0 Å². The predicted molar refractivity (Wildman–Crippen MR) is 43.9 cm³/mol. The van der Waals surface area contributed by atoms with Crippen molar-refractivity contribution in [1.29, 1.82) is 0 Å². The number of ether oxygens (including phenoxy) is 1. The molecular weight excluding hydrogens is 142 g/mol. The fraction of sp³-hybridized carbons (Fsp3) is 0.125. The van der Waals surface area contributed by atoms with Crippen LogP contribution in [0.5, 0.6) is 11.5 Å². The number of aliphatic imine (C=N–C) groups is 1. The molecule has 0 spiro atoms. The van der Waals surface area contributed by atoms with Crippen molar-refractivity contribution >= 4 is 12.4 Å². The monoisotopic (exact) mass is 151 g/mol. The molecule has 0 aromatic heterocycles. The Labute approximate surface area is 65.0 Å². The average Bonchev–Trinajstić information content (AvgIpc) is 2.05. The van der Waals surface area contributed by atoms with Gasteiger partial charge in [0.05, 0.1) is 12.8 Å². The number of methoxy groups -OCH3 is 1. The molecule has 0 heterocycles. The zero-order valence-corrected chi connectivity index (χ0v) is 6.24. The number of nitrogens with zero attached hydrogens (tertiary/aromatic N) is 1. The van der Waals surface area contributed by atoms with E-state index in [2.05, 4.69) is 11.7 Å². The summed E-state index contributed by atoms with van der Waals surface area (Å²) in [7, 11) is 1.49. The maximum absolute atomic E-state index is 9.14. The van der Waals surface area contributed by atoms with E-state index in [4.69, 9.17) is 9.84 Å². The van der Waals surface area contributed by atoms with Gasteiger partial charge in [0.2, 0.25) is 0 Å². The second-order valence-electron chi connectivity index (χ2n) is 2.01. The molecule has 0 saturated heterocycles. The summed E-state index contributed by atoms with van der Waals surface area (Å²) in [5, 5.41) is 9.14. The molecule has 1 N–H and O–H groups in total. The van der Waals surface area contributed by atoms with Gasteiger partial charge in [-0.3, -0.25) is 4.99 Å². The van der Waals surface area contributed by atoms with E-state index >= 15 is 0 Å². The summed E-state index contributed by atoms with van der Waals surface area (Å²) < 4.78 is 4.85. The SMILES string of the molecule is C=Nc1ccc(O)c(OC)c1. The zero-order valence-electron chi connectivity index (χ0n) is 6.24. The molecule has 1 aromatic carbocycles. The van der Waals surface area contributed by atoms with E-state index in [0.717, 1.165) is 0 Å². The zero-order chi connectivity index (χ0) is 8.27. The Balaban J connectivity index is 3.12. The van der Waals surface area contributed by atoms with E-state index in [1.165, 1.54) is 13.2 Å². The highest BCUT2D eigenvalue weighted by atomic mass is 16.5. The van der Waals surface area contributed by atoms with E-state index in [-0.39, 0.29) is 5.75 Å². The summed E-state index contributed by atoms with van der Waals surface area (Å²) >= 11 is 0. The number of hydrogen-bond donors (Lipinski definition) is 1. The van der Waals surface area contributed by atoms with Crippen LogP contribution in [0.25, 0.3) is 0 Å². The lowest BCUT2D eigenvalue weighted by molar-refractivity contribution is 0.373. The predicted octanol–water partition coefficient (Wildman–Crippen LogP) is 1.73. The van der Waals surface area contributed by atoms with Crippen LogP contribution in [-0.4, -0.2) is 18.9 Å². The van der Waals surface area contributed by atoms with Crippen LogP contribution in [0.3, 0.4) is 0 Å². The van der Waals surface area contributed by atoms with Crippen LogP contribution in [0.15, 0.2) is 23.2 Å². The van der Waals surface area contributed by atoms with Crippen molar-refractivity contribution in [3.05, 3.63) is 18.2 Å². The standard InChI is InChI=1S/C8H9NO2/c1-9-6-3-4-7(10)8(5-6)11-2/h3-5,10H,1H2,2H3. The third kappa shape index (κ3) is 1.49. The molecule has 0 unspecified atom stereocenters. The maximum Gasteiger partial charge on any atom is 0.162 e. The minimum Gasteiger partial charge on any atom is -0.504 e. The van der Waals surface area contributed by atoms with Gasteiger partial charge in [0.25, 0.3) is 0 Å². The lowest BCUT2D eigenvalue weighted by Crippen LogP contribution is -1.81. The topological polar surface area (TPSA) is 41.8 Å². The molecule has 0 saturated carbocycles. The highest BCUT2D eigenvalue weighted by molar-refractivity contribution is 5.53. The Kier molecular flexibility index (Phi) is 2.11. The van der Waals surface area contributed by atoms with Crippen LogP contribution in [0, 0.1) is 0 Å². The van der Waals surface area contributed by atoms with Crippen LogP contribution in [0.2, 0.25) is 0 Å². The number of rotatable bonds is 2. The van der Waals surface area contributed by atoms with Crippen molar-refractivity contribution in [3.63, 3.8) is 0 Å². The number of benzene rings is 1. The minimum atomic E-state index is 0.111. The Morgan fingerprint density at radius 1 is 1.55 bits per heavy atom. The fourth-order valence-electron chi connectivity index (χ4n) is 0.765. The largest absolute Gasteiger partial charge is 0.504 e. The third-order valence-electron chi connectivity index (χ3n) is 1.35. The van der Waals surface area contributed by atoms with Crippen molar-refractivity contribution in [2.24, 2.45) is 4.99 Å². The Hall–Kier alpha value is -1.51. The van der Waals surface area contributed by atoms with Crippen molar-refractivity contribution < 1.29 is 9.84 Å². The van der Waals surface area contributed by atoms with E-state index in [0.29, 0.717) is 11.4 Å². The van der Waals surface area contributed by atoms with Gasteiger partial charge in [0, 0.05) is 6.07 Å². The van der Waals surface area contributed by atoms with Crippen LogP contribution < -0.4 is 4.74 Å². The molecule has 0 bridgehead atoms. The molecule has 3 heteroatoms. The molecule has 3 nitrogen and oxygen atoms in total. The van der Waals surface area contributed by atoms with Gasteiger partial charge in [-0.2, -0.15) is 0 Å². The van der Waals surface area contributed by atoms with Crippen molar-refractivity contribution in [2.75, 3.05) is 7.11 Å². The summed E-state index contributed by atoms with van der Waals surface area (Å²) in [4.78, 5) is 3.68. The molecular formula is C8H9NO2. The highest BCUT2D eigenvalue weighted by Crippen LogP contribution is 2.29. The van der Waals surface area contributed by atoms with Crippen LogP contribution >= 0.6 is 0 Å². The fourth-order valence-corrected chi connectivity index (χ4v) is 0.765. The molecule has 1 aromatic rings. The number of phenolic OH excluding ortho intramolecular Hbond substituents is 1. The smallest absolute Gasteiger partial charge is 0.162 e. The van der Waals surface area contributed by atoms with Gasteiger partial charge in [0.15, 0.2) is 11.5 Å². The molecule has 0 amide bonds. The summed E-state index contributed by atoms with van der Waals surface area (Å²) in [6.07, 6.45) is 0. The van der Waals surface area contributed by atoms with E-state index in [9.17, 15) is 0 Å². The van der Waals surface area contributed by atoms with Crippen molar-refractivity contribution in [3.8, 4) is 11.5 Å². The lowest BCUT2D eigenvalue weighted by atomic mass is 10.3. The second kappa shape index (κ2) is 3.05. The van der Waals surface area contributed by atoms with Gasteiger partial charge in [-0.25, -0.2) is 0 Å². The normalized spacial score (nSPS) is 9.18. The molecule has 0 aliphatic rings. The van der Waals surface area contributed by atoms with Gasteiger partial charge < -0.3 is 9.84 Å². The first-order chi connectivity index (χ1) is 5.27. The molecule has 0 fully saturated rings. The second-order valence-corrected chi connectivity index (χ2v) is 2.01. The number of hydrogen-bond acceptors (Lipinski definition) is 3. The third-order valence-corrected chi connectivity index (χ3v) is 1.35. The molecule has 0 radical (unpaired) electrons. The quantitative estimate of drug-likeness (QED) is 0.654. The van der Waals surface area contributed by atoms with Crippen LogP contribution in [0.1, 0.15) is 0 Å². The van der Waals surface area contributed by atoms with Crippen molar-refractivity contribution in [1.82, 2.24) is 0 Å². The highest BCUT2D eigenvalue weighted by Gasteiger charge is 1.99. The van der Waals surface area contributed by atoms with E-state index < -0.39 is 0 Å². The first kappa shape index (κ1) is 7.60. The summed E-state index contributed by atoms with van der Waals surface area (Å²) in [5.74, 6) is 0.523. The molecule has 0 aliphatic carbocycles. The maximum atomic E-state index is 9.14. The molecule has 1 rings (SSSR count). The van der Waals surface area contributed by atoms with Gasteiger partial charge in [-0.15, -0.1) is 0 Å². The number of phenols is 1. The van der Waals surface area contributed by atoms with Gasteiger partial charge in [-0.1, -0.05) is 0 Å². The summed E-state index contributed by atoms with van der Waals surface area (Å²) in [5.41, 5.74) is 0.680. The van der Waals surface area contributed by atoms with E-state index in [1.54, 1.807) is 12.1 Å². The van der Waals surface area contributed by atoms with Gasteiger partial charge in [0.1, 0.15) is 0 Å². The number of aromatic hydroxyl groups is 1. The lowest BCUT2D eigenvalue weighted by Gasteiger charge is -2.02. The van der Waals surface area contributed by atoms with Gasteiger partial charge >= 0.3 is 0 Å². The Morgan fingerprint density at radius 3 is 2.82 bits per heavy atom. The summed E-state index contributed by atoms with van der Waals surface area (Å²) in [6, 6.07) is 4.79. The first-order valence-corrected chi connectivity index (χ1v) is 3.11. The van der Waals surface area contributed by atoms with Crippen LogP contribution in [-0.2, 0) is 0 Å². The molecule has 58 valence electrons. The molecule has 11 heavy (non-hydrogen) atoms. The first-order valence-electron chi connectivity index (χ1n) is 3.11. The summed E-state index contributed by atoms with van der Waals surface area (Å²) in [6.45, 7) is 3.35. The van der Waals surface area contributed by atoms with Crippen LogP contribution in [0.4, 0.5) is 5.69 Å². The van der Waals surface area contributed by atoms with Gasteiger partial charge in [-0.05, 0) is 18.9 Å². The van der Waals surface area contributed by atoms with Crippen molar-refractivity contribution in [2.45, 2.75) is 0 Å². The Bertz CT molecular complexity index is 271. The molecule has 0 aliphatic heterocycles. The Morgan fingerprint density at radius 2 is 2.27 bits per heavy atom. The molecule has 0 atom stereocenters. The minimum absolute atomic E-state index is 0.111. The average molecular weight is 151 g/mol.